The molecule has 0 radical (unpaired) electrons. The van der Waals surface area contributed by atoms with Crippen LogP contribution >= 0.6 is 11.6 Å². The molecular weight excluding hydrogens is 559 g/mol. The third kappa shape index (κ3) is 8.65. The van der Waals surface area contributed by atoms with Crippen molar-refractivity contribution in [2.45, 2.75) is 71.5 Å². The van der Waals surface area contributed by atoms with Crippen molar-refractivity contribution in [1.82, 2.24) is 19.9 Å². The second-order valence-corrected chi connectivity index (χ2v) is 11.0. The standard InChI is InChI=1S/C33H39ClF3N5/c1-3-5-9-20-42(21-10-6-4-2)23-30-40-29-22-25(31-27(33(35,36)37)13-11-18-38-31)15-16-26(29)32(41-30)39-19-17-24-12-7-8-14-28(24)34/h7-8,11-16,18,22H,3-6,9-10,17,19-21,23H2,1-2H3,(H,39,40,41). The van der Waals surface area contributed by atoms with E-state index in [9.17, 15) is 13.2 Å². The number of nitrogens with one attached hydrogen (secondary N) is 1. The molecule has 0 aliphatic rings. The Balaban J connectivity index is 1.69. The SMILES string of the molecule is CCCCCN(CCCCC)Cc1nc(NCCc2ccccc2Cl)c2ccc(-c3ncccc3C(F)(F)F)cc2n1. The lowest BCUT2D eigenvalue weighted by Crippen LogP contribution is -2.27. The summed E-state index contributed by atoms with van der Waals surface area (Å²) >= 11 is 6.36. The molecule has 0 aliphatic heterocycles. The van der Waals surface area contributed by atoms with Gasteiger partial charge in [0.15, 0.2) is 0 Å². The van der Waals surface area contributed by atoms with Crippen molar-refractivity contribution < 1.29 is 13.2 Å². The van der Waals surface area contributed by atoms with Crippen LogP contribution < -0.4 is 5.32 Å². The number of benzene rings is 2. The quantitative estimate of drug-likeness (QED) is 0.138. The third-order valence-electron chi connectivity index (χ3n) is 7.30. The molecule has 0 spiro atoms. The molecule has 224 valence electrons. The second-order valence-electron chi connectivity index (χ2n) is 10.6. The van der Waals surface area contributed by atoms with Crippen molar-refractivity contribution in [3.8, 4) is 11.3 Å². The summed E-state index contributed by atoms with van der Waals surface area (Å²) in [5.74, 6) is 1.30. The molecule has 1 N–H and O–H groups in total. The number of hydrogen-bond acceptors (Lipinski definition) is 5. The summed E-state index contributed by atoms with van der Waals surface area (Å²) in [5, 5.41) is 4.91. The summed E-state index contributed by atoms with van der Waals surface area (Å²) in [7, 11) is 0. The molecule has 0 saturated heterocycles. The number of nitrogens with zero attached hydrogens (tertiary/aromatic N) is 4. The summed E-state index contributed by atoms with van der Waals surface area (Å²) in [4.78, 5) is 16.3. The van der Waals surface area contributed by atoms with Gasteiger partial charge < -0.3 is 5.32 Å². The minimum Gasteiger partial charge on any atom is -0.369 e. The van der Waals surface area contributed by atoms with Gasteiger partial charge in [-0.05, 0) is 68.2 Å². The van der Waals surface area contributed by atoms with E-state index in [0.29, 0.717) is 47.3 Å². The number of hydrogen-bond donors (Lipinski definition) is 1. The molecule has 0 atom stereocenters. The second kappa shape index (κ2) is 15.3. The van der Waals surface area contributed by atoms with E-state index in [1.165, 1.54) is 12.3 Å². The van der Waals surface area contributed by atoms with Gasteiger partial charge >= 0.3 is 6.18 Å². The van der Waals surface area contributed by atoms with Crippen molar-refractivity contribution >= 4 is 28.3 Å². The molecule has 9 heteroatoms. The van der Waals surface area contributed by atoms with Crippen LogP contribution in [-0.4, -0.2) is 39.5 Å². The molecule has 5 nitrogen and oxygen atoms in total. The summed E-state index contributed by atoms with van der Waals surface area (Å²) in [6, 6.07) is 15.2. The van der Waals surface area contributed by atoms with Gasteiger partial charge in [0, 0.05) is 28.7 Å². The third-order valence-corrected chi connectivity index (χ3v) is 7.66. The lowest BCUT2D eigenvalue weighted by molar-refractivity contribution is -0.137. The van der Waals surface area contributed by atoms with Gasteiger partial charge in [-0.25, -0.2) is 9.97 Å². The van der Waals surface area contributed by atoms with Gasteiger partial charge in [0.05, 0.1) is 23.3 Å². The van der Waals surface area contributed by atoms with E-state index >= 15 is 0 Å². The number of halogens is 4. The molecule has 0 aliphatic carbocycles. The minimum atomic E-state index is -4.52. The smallest absolute Gasteiger partial charge is 0.369 e. The number of fused-ring (bicyclic) bond motifs is 1. The van der Waals surface area contributed by atoms with Gasteiger partial charge in [-0.15, -0.1) is 0 Å². The fourth-order valence-electron chi connectivity index (χ4n) is 5.05. The Bertz CT molecular complexity index is 1430. The molecule has 2 aromatic carbocycles. The molecular formula is C33H39ClF3N5. The summed E-state index contributed by atoms with van der Waals surface area (Å²) < 4.78 is 41.4. The van der Waals surface area contributed by atoms with Gasteiger partial charge in [0.2, 0.25) is 0 Å². The van der Waals surface area contributed by atoms with Crippen LogP contribution in [0.1, 0.15) is 69.3 Å². The number of aromatic nitrogens is 3. The fourth-order valence-corrected chi connectivity index (χ4v) is 5.28. The van der Waals surface area contributed by atoms with Crippen LogP contribution in [0, 0.1) is 0 Å². The Morgan fingerprint density at radius 2 is 1.62 bits per heavy atom. The van der Waals surface area contributed by atoms with Crippen LogP contribution in [0.15, 0.2) is 60.8 Å². The monoisotopic (exact) mass is 597 g/mol. The summed E-state index contributed by atoms with van der Waals surface area (Å²) in [6.45, 7) is 7.46. The van der Waals surface area contributed by atoms with Crippen molar-refractivity contribution in [3.63, 3.8) is 0 Å². The lowest BCUT2D eigenvalue weighted by Gasteiger charge is -2.22. The van der Waals surface area contributed by atoms with Crippen LogP contribution in [0.2, 0.25) is 5.02 Å². The summed E-state index contributed by atoms with van der Waals surface area (Å²) in [5.41, 5.74) is 1.10. The first-order valence-corrected chi connectivity index (χ1v) is 15.2. The maximum atomic E-state index is 13.8. The zero-order valence-electron chi connectivity index (χ0n) is 24.4. The highest BCUT2D eigenvalue weighted by Crippen LogP contribution is 2.37. The van der Waals surface area contributed by atoms with Gasteiger partial charge in [-0.1, -0.05) is 75.4 Å². The average Bonchev–Trinajstić information content (AvgIpc) is 2.97. The number of alkyl halides is 3. The highest BCUT2D eigenvalue weighted by molar-refractivity contribution is 6.31. The Labute approximate surface area is 251 Å². The Kier molecular flexibility index (Phi) is 11.5. The first-order chi connectivity index (χ1) is 20.3. The predicted molar refractivity (Wildman–Crippen MR) is 166 cm³/mol. The first-order valence-electron chi connectivity index (χ1n) is 14.8. The van der Waals surface area contributed by atoms with Crippen molar-refractivity contribution in [1.29, 1.82) is 0 Å². The maximum absolute atomic E-state index is 13.8. The molecule has 4 rings (SSSR count). The van der Waals surface area contributed by atoms with Crippen LogP contribution in [0.3, 0.4) is 0 Å². The van der Waals surface area contributed by atoms with Gasteiger partial charge in [0.25, 0.3) is 0 Å². The van der Waals surface area contributed by atoms with E-state index in [1.807, 2.05) is 24.3 Å². The molecule has 0 fully saturated rings. The van der Waals surface area contributed by atoms with Crippen molar-refractivity contribution in [3.05, 3.63) is 82.8 Å². The Hall–Kier alpha value is -3.23. The van der Waals surface area contributed by atoms with E-state index in [2.05, 4.69) is 29.0 Å². The summed E-state index contributed by atoms with van der Waals surface area (Å²) in [6.07, 6.45) is 4.37. The van der Waals surface area contributed by atoms with Crippen molar-refractivity contribution in [2.75, 3.05) is 25.0 Å². The highest BCUT2D eigenvalue weighted by Gasteiger charge is 2.34. The lowest BCUT2D eigenvalue weighted by atomic mass is 10.0. The zero-order chi connectivity index (χ0) is 30.0. The van der Waals surface area contributed by atoms with Crippen LogP contribution in [0.4, 0.5) is 19.0 Å². The molecule has 0 amide bonds. The first kappa shape index (κ1) is 31.7. The molecule has 2 heterocycles. The van der Waals surface area contributed by atoms with Crippen LogP contribution in [0.5, 0.6) is 0 Å². The average molecular weight is 598 g/mol. The number of pyridine rings is 1. The molecule has 2 aromatic heterocycles. The number of unbranched alkanes of at least 4 members (excludes halogenated alkanes) is 4. The number of rotatable bonds is 15. The largest absolute Gasteiger partial charge is 0.418 e. The zero-order valence-corrected chi connectivity index (χ0v) is 25.1. The topological polar surface area (TPSA) is 53.9 Å². The molecule has 0 unspecified atom stereocenters. The normalized spacial score (nSPS) is 11.9. The predicted octanol–water partition coefficient (Wildman–Crippen LogP) is 9.20. The Morgan fingerprint density at radius 3 is 2.31 bits per heavy atom. The van der Waals surface area contributed by atoms with Crippen molar-refractivity contribution in [2.24, 2.45) is 0 Å². The maximum Gasteiger partial charge on any atom is 0.418 e. The number of anilines is 1. The van der Waals surface area contributed by atoms with E-state index in [4.69, 9.17) is 21.6 Å². The Morgan fingerprint density at radius 1 is 0.881 bits per heavy atom. The van der Waals surface area contributed by atoms with Crippen LogP contribution in [0.25, 0.3) is 22.2 Å². The van der Waals surface area contributed by atoms with E-state index in [1.54, 1.807) is 18.2 Å². The van der Waals surface area contributed by atoms with Gasteiger partial charge in [0.1, 0.15) is 11.6 Å². The molecule has 4 aromatic rings. The van der Waals surface area contributed by atoms with Gasteiger partial charge in [-0.3, -0.25) is 9.88 Å². The highest BCUT2D eigenvalue weighted by atomic mass is 35.5. The molecule has 0 saturated carbocycles. The fraction of sp³-hybridized carbons (Fsp3) is 0.424. The van der Waals surface area contributed by atoms with E-state index in [-0.39, 0.29) is 5.69 Å². The van der Waals surface area contributed by atoms with E-state index in [0.717, 1.165) is 68.6 Å². The van der Waals surface area contributed by atoms with Gasteiger partial charge in [-0.2, -0.15) is 13.2 Å². The molecule has 0 bridgehead atoms. The van der Waals surface area contributed by atoms with E-state index < -0.39 is 11.7 Å². The van der Waals surface area contributed by atoms with Crippen LogP contribution in [-0.2, 0) is 19.1 Å². The minimum absolute atomic E-state index is 0.110. The molecule has 42 heavy (non-hydrogen) atoms.